The van der Waals surface area contributed by atoms with Crippen molar-refractivity contribution in [3.8, 4) is 11.3 Å². The number of carbonyl (C=O) groups excluding carboxylic acids is 1. The van der Waals surface area contributed by atoms with Crippen LogP contribution in [0.4, 0.5) is 18.9 Å². The normalized spacial score (nSPS) is 11.4. The summed E-state index contributed by atoms with van der Waals surface area (Å²) in [6.07, 6.45) is -4.42. The molecule has 0 aliphatic rings. The fraction of sp³-hybridized carbons (Fsp3) is 0.0588. The summed E-state index contributed by atoms with van der Waals surface area (Å²) in [6, 6.07) is 12.7. The summed E-state index contributed by atoms with van der Waals surface area (Å²) < 4.78 is 37.6. The van der Waals surface area contributed by atoms with Gasteiger partial charge >= 0.3 is 6.18 Å². The Kier molecular flexibility index (Phi) is 4.50. The van der Waals surface area contributed by atoms with Gasteiger partial charge in [0.05, 0.1) is 11.3 Å². The van der Waals surface area contributed by atoms with E-state index in [9.17, 15) is 18.0 Å². The Morgan fingerprint density at radius 1 is 1.04 bits per heavy atom. The molecule has 0 aliphatic carbocycles. The monoisotopic (exact) mass is 365 g/mol. The van der Waals surface area contributed by atoms with Crippen LogP contribution >= 0.6 is 11.6 Å². The quantitative estimate of drug-likeness (QED) is 0.686. The fourth-order valence-electron chi connectivity index (χ4n) is 2.15. The van der Waals surface area contributed by atoms with Gasteiger partial charge in [0.2, 0.25) is 0 Å². The first-order valence-electron chi connectivity index (χ1n) is 7.13. The lowest BCUT2D eigenvalue weighted by molar-refractivity contribution is -0.137. The van der Waals surface area contributed by atoms with Crippen molar-refractivity contribution in [2.75, 3.05) is 5.32 Å². The number of carbonyl (C=O) groups is 1. The van der Waals surface area contributed by atoms with Crippen molar-refractivity contribution in [3.05, 3.63) is 70.9 Å². The largest absolute Gasteiger partial charge is 0.416 e. The standard InChI is InChI=1S/C17H11ClF3N3O/c18-12-5-1-10(2-6-12)14-9-15(24-23-14)16(25)22-13-7-3-11(4-8-13)17(19,20)21/h1-9H,(H,22,25)(H,23,24). The number of nitrogens with zero attached hydrogens (tertiary/aromatic N) is 1. The first-order chi connectivity index (χ1) is 11.8. The van der Waals surface area contributed by atoms with Crippen LogP contribution in [0.1, 0.15) is 16.1 Å². The van der Waals surface area contributed by atoms with Crippen LogP contribution in [0.5, 0.6) is 0 Å². The van der Waals surface area contributed by atoms with Gasteiger partial charge in [0.15, 0.2) is 0 Å². The van der Waals surface area contributed by atoms with Gasteiger partial charge in [0, 0.05) is 16.3 Å². The van der Waals surface area contributed by atoms with Crippen molar-refractivity contribution in [2.24, 2.45) is 0 Å². The zero-order chi connectivity index (χ0) is 18.0. The highest BCUT2D eigenvalue weighted by molar-refractivity contribution is 6.30. The van der Waals surface area contributed by atoms with Crippen LogP contribution in [-0.2, 0) is 6.18 Å². The van der Waals surface area contributed by atoms with E-state index in [0.29, 0.717) is 10.7 Å². The van der Waals surface area contributed by atoms with Gasteiger partial charge in [0.25, 0.3) is 5.91 Å². The highest BCUT2D eigenvalue weighted by atomic mass is 35.5. The van der Waals surface area contributed by atoms with Crippen molar-refractivity contribution in [1.82, 2.24) is 10.2 Å². The maximum atomic E-state index is 12.5. The van der Waals surface area contributed by atoms with Gasteiger partial charge in [-0.15, -0.1) is 0 Å². The molecule has 2 aromatic carbocycles. The number of amides is 1. The molecule has 0 radical (unpaired) electrons. The Morgan fingerprint density at radius 2 is 1.68 bits per heavy atom. The molecule has 0 spiro atoms. The van der Waals surface area contributed by atoms with E-state index in [1.165, 1.54) is 12.1 Å². The maximum absolute atomic E-state index is 12.5. The lowest BCUT2D eigenvalue weighted by Gasteiger charge is -2.08. The third-order valence-corrected chi connectivity index (χ3v) is 3.68. The number of halogens is 4. The second kappa shape index (κ2) is 6.60. The number of alkyl halides is 3. The number of hydrogen-bond donors (Lipinski definition) is 2. The van der Waals surface area contributed by atoms with E-state index < -0.39 is 17.6 Å². The molecule has 1 aromatic heterocycles. The second-order valence-corrected chi connectivity index (χ2v) is 5.64. The first kappa shape index (κ1) is 17.0. The molecule has 0 atom stereocenters. The Balaban J connectivity index is 1.72. The molecule has 3 rings (SSSR count). The molecule has 1 heterocycles. The Labute approximate surface area is 145 Å². The fourth-order valence-corrected chi connectivity index (χ4v) is 2.27. The van der Waals surface area contributed by atoms with Crippen molar-refractivity contribution >= 4 is 23.2 Å². The summed E-state index contributed by atoms with van der Waals surface area (Å²) >= 11 is 5.82. The molecular weight excluding hydrogens is 355 g/mol. The number of hydrogen-bond acceptors (Lipinski definition) is 2. The summed E-state index contributed by atoms with van der Waals surface area (Å²) in [5.74, 6) is -0.507. The Hall–Kier alpha value is -2.80. The molecule has 3 aromatic rings. The third kappa shape index (κ3) is 4.00. The molecular formula is C17H11ClF3N3O. The predicted octanol–water partition coefficient (Wildman–Crippen LogP) is 5.00. The average Bonchev–Trinajstić information content (AvgIpc) is 3.05. The van der Waals surface area contributed by atoms with E-state index in [2.05, 4.69) is 15.5 Å². The molecule has 0 aliphatic heterocycles. The number of nitrogens with one attached hydrogen (secondary N) is 2. The summed E-state index contributed by atoms with van der Waals surface area (Å²) in [4.78, 5) is 12.2. The van der Waals surface area contributed by atoms with Gasteiger partial charge in [-0.05, 0) is 42.5 Å². The molecule has 128 valence electrons. The van der Waals surface area contributed by atoms with Crippen LogP contribution in [0.3, 0.4) is 0 Å². The number of aromatic nitrogens is 2. The molecule has 2 N–H and O–H groups in total. The highest BCUT2D eigenvalue weighted by Gasteiger charge is 2.30. The van der Waals surface area contributed by atoms with Crippen LogP contribution in [0.25, 0.3) is 11.3 Å². The maximum Gasteiger partial charge on any atom is 0.416 e. The molecule has 25 heavy (non-hydrogen) atoms. The lowest BCUT2D eigenvalue weighted by atomic mass is 10.1. The zero-order valence-corrected chi connectivity index (χ0v) is 13.3. The first-order valence-corrected chi connectivity index (χ1v) is 7.51. The topological polar surface area (TPSA) is 57.8 Å². The van der Waals surface area contributed by atoms with E-state index >= 15 is 0 Å². The van der Waals surface area contributed by atoms with Crippen LogP contribution in [0, 0.1) is 0 Å². The zero-order valence-electron chi connectivity index (χ0n) is 12.6. The number of aromatic amines is 1. The Bertz CT molecular complexity index is 887. The Morgan fingerprint density at radius 3 is 2.28 bits per heavy atom. The average molecular weight is 366 g/mol. The molecule has 0 saturated heterocycles. The van der Waals surface area contributed by atoms with Gasteiger partial charge in [-0.25, -0.2) is 0 Å². The van der Waals surface area contributed by atoms with Gasteiger partial charge < -0.3 is 5.32 Å². The minimum atomic E-state index is -4.42. The van der Waals surface area contributed by atoms with Gasteiger partial charge in [-0.3, -0.25) is 9.89 Å². The van der Waals surface area contributed by atoms with E-state index in [4.69, 9.17) is 11.6 Å². The minimum absolute atomic E-state index is 0.185. The van der Waals surface area contributed by atoms with Crippen LogP contribution in [0.15, 0.2) is 54.6 Å². The predicted molar refractivity (Wildman–Crippen MR) is 88.4 cm³/mol. The van der Waals surface area contributed by atoms with Crippen molar-refractivity contribution in [1.29, 1.82) is 0 Å². The van der Waals surface area contributed by atoms with Crippen molar-refractivity contribution in [3.63, 3.8) is 0 Å². The van der Waals surface area contributed by atoms with Gasteiger partial charge in [-0.2, -0.15) is 18.3 Å². The van der Waals surface area contributed by atoms with E-state index in [1.807, 2.05) is 0 Å². The summed E-state index contributed by atoms with van der Waals surface area (Å²) in [6.45, 7) is 0. The lowest BCUT2D eigenvalue weighted by Crippen LogP contribution is -2.12. The van der Waals surface area contributed by atoms with Crippen LogP contribution in [-0.4, -0.2) is 16.1 Å². The van der Waals surface area contributed by atoms with Gasteiger partial charge in [0.1, 0.15) is 5.69 Å². The van der Waals surface area contributed by atoms with Crippen LogP contribution < -0.4 is 5.32 Å². The number of anilines is 1. The third-order valence-electron chi connectivity index (χ3n) is 3.43. The van der Waals surface area contributed by atoms with Gasteiger partial charge in [-0.1, -0.05) is 23.7 Å². The number of benzene rings is 2. The summed E-state index contributed by atoms with van der Waals surface area (Å²) in [7, 11) is 0. The smallest absolute Gasteiger partial charge is 0.321 e. The number of H-pyrrole nitrogens is 1. The molecule has 0 bridgehead atoms. The second-order valence-electron chi connectivity index (χ2n) is 5.20. The molecule has 1 amide bonds. The molecule has 0 saturated carbocycles. The van der Waals surface area contributed by atoms with Crippen LogP contribution in [0.2, 0.25) is 5.02 Å². The molecule has 4 nitrogen and oxygen atoms in total. The molecule has 0 fully saturated rings. The van der Waals surface area contributed by atoms with Crippen molar-refractivity contribution < 1.29 is 18.0 Å². The molecule has 0 unspecified atom stereocenters. The van der Waals surface area contributed by atoms with E-state index in [0.717, 1.165) is 17.7 Å². The number of rotatable bonds is 3. The molecule has 8 heteroatoms. The summed E-state index contributed by atoms with van der Waals surface area (Å²) in [5.41, 5.74) is 0.978. The minimum Gasteiger partial charge on any atom is -0.321 e. The highest BCUT2D eigenvalue weighted by Crippen LogP contribution is 2.30. The SMILES string of the molecule is O=C(Nc1ccc(C(F)(F)F)cc1)c1cc(-c2ccc(Cl)cc2)n[nH]1. The van der Waals surface area contributed by atoms with E-state index in [-0.39, 0.29) is 11.4 Å². The van der Waals surface area contributed by atoms with E-state index in [1.54, 1.807) is 30.3 Å². The summed E-state index contributed by atoms with van der Waals surface area (Å²) in [5, 5.41) is 9.74. The van der Waals surface area contributed by atoms with Crippen molar-refractivity contribution in [2.45, 2.75) is 6.18 Å².